The third kappa shape index (κ3) is 1.33. The van der Waals surface area contributed by atoms with Gasteiger partial charge in [-0.25, -0.2) is 9.13 Å². The van der Waals surface area contributed by atoms with Crippen LogP contribution in [-0.4, -0.2) is 4.57 Å². The van der Waals surface area contributed by atoms with Gasteiger partial charge in [0.2, 0.25) is 0 Å². The van der Waals surface area contributed by atoms with Crippen LogP contribution in [0.4, 0.5) is 0 Å². The fourth-order valence-corrected chi connectivity index (χ4v) is 1.74. The number of rotatable bonds is 1. The highest BCUT2D eigenvalue weighted by Gasteiger charge is 2.12. The average Bonchev–Trinajstić information content (AvgIpc) is 2.14. The lowest BCUT2D eigenvalue weighted by Crippen LogP contribution is -2.30. The second kappa shape index (κ2) is 2.90. The Hall–Kier alpha value is -0.0600. The molecular formula is C7H12IN2+. The maximum Gasteiger partial charge on any atom is 0.317 e. The van der Waals surface area contributed by atoms with E-state index in [9.17, 15) is 0 Å². The Morgan fingerprint density at radius 2 is 2.20 bits per heavy atom. The van der Waals surface area contributed by atoms with Crippen LogP contribution in [0.25, 0.3) is 0 Å². The van der Waals surface area contributed by atoms with E-state index >= 15 is 0 Å². The molecule has 0 spiro atoms. The molecule has 0 aromatic carbocycles. The van der Waals surface area contributed by atoms with E-state index < -0.39 is 0 Å². The van der Waals surface area contributed by atoms with Crippen molar-refractivity contribution in [1.82, 2.24) is 4.57 Å². The summed E-state index contributed by atoms with van der Waals surface area (Å²) in [7, 11) is 2.06. The number of nitrogens with zero attached hydrogens (tertiary/aromatic N) is 2. The summed E-state index contributed by atoms with van der Waals surface area (Å²) in [5.41, 5.74) is 0. The van der Waals surface area contributed by atoms with Gasteiger partial charge in [-0.1, -0.05) is 0 Å². The molecule has 0 aliphatic rings. The minimum atomic E-state index is 0.563. The Balaban J connectivity index is 3.05. The molecule has 1 rings (SSSR count). The van der Waals surface area contributed by atoms with Crippen molar-refractivity contribution >= 4 is 22.6 Å². The second-order valence-electron chi connectivity index (χ2n) is 2.68. The summed E-state index contributed by atoms with van der Waals surface area (Å²) in [6.45, 7) is 4.37. The number of halogens is 1. The van der Waals surface area contributed by atoms with Crippen molar-refractivity contribution in [3.05, 3.63) is 16.2 Å². The number of aromatic nitrogens is 2. The number of imidazole rings is 1. The van der Waals surface area contributed by atoms with Crippen molar-refractivity contribution in [1.29, 1.82) is 0 Å². The molecule has 0 bridgehead atoms. The summed E-state index contributed by atoms with van der Waals surface area (Å²) >= 11 is 2.34. The smallest absolute Gasteiger partial charge is 0.228 e. The maximum atomic E-state index is 2.34. The van der Waals surface area contributed by atoms with Crippen LogP contribution in [0.2, 0.25) is 0 Å². The molecule has 1 aromatic heterocycles. The summed E-state index contributed by atoms with van der Waals surface area (Å²) in [6, 6.07) is 0.563. The Morgan fingerprint density at radius 3 is 2.40 bits per heavy atom. The van der Waals surface area contributed by atoms with Crippen LogP contribution in [0.1, 0.15) is 19.9 Å². The van der Waals surface area contributed by atoms with Gasteiger partial charge in [0.25, 0.3) is 0 Å². The van der Waals surface area contributed by atoms with E-state index in [0.717, 1.165) is 0 Å². The fourth-order valence-electron chi connectivity index (χ4n) is 0.862. The van der Waals surface area contributed by atoms with E-state index in [1.54, 1.807) is 0 Å². The first-order valence-corrected chi connectivity index (χ1v) is 4.42. The standard InChI is InChI=1S/C7H12IN2/c1-6(2)10-5-4-9(3)7(10)8/h4-6H,1-3H3/q+1. The summed E-state index contributed by atoms with van der Waals surface area (Å²) < 4.78 is 5.62. The van der Waals surface area contributed by atoms with Crippen molar-refractivity contribution in [3.63, 3.8) is 0 Å². The van der Waals surface area contributed by atoms with Crippen molar-refractivity contribution in [2.24, 2.45) is 7.05 Å². The monoisotopic (exact) mass is 251 g/mol. The molecule has 0 aliphatic carbocycles. The Kier molecular flexibility index (Phi) is 2.33. The third-order valence-corrected chi connectivity index (χ3v) is 2.83. The molecule has 0 aliphatic heterocycles. The zero-order chi connectivity index (χ0) is 7.72. The minimum Gasteiger partial charge on any atom is -0.228 e. The quantitative estimate of drug-likeness (QED) is 0.528. The lowest BCUT2D eigenvalue weighted by molar-refractivity contribution is -0.684. The highest BCUT2D eigenvalue weighted by atomic mass is 127. The molecule has 56 valence electrons. The van der Waals surface area contributed by atoms with Crippen LogP contribution >= 0.6 is 22.6 Å². The van der Waals surface area contributed by atoms with Gasteiger partial charge in [0.15, 0.2) is 0 Å². The van der Waals surface area contributed by atoms with E-state index in [1.807, 2.05) is 0 Å². The molecule has 0 N–H and O–H groups in total. The van der Waals surface area contributed by atoms with Crippen LogP contribution in [0.3, 0.4) is 0 Å². The molecule has 1 heterocycles. The van der Waals surface area contributed by atoms with E-state index in [4.69, 9.17) is 0 Å². The molecule has 0 unspecified atom stereocenters. The molecule has 0 saturated heterocycles. The van der Waals surface area contributed by atoms with Crippen LogP contribution in [-0.2, 0) is 7.05 Å². The maximum absolute atomic E-state index is 2.34. The molecule has 3 heteroatoms. The highest BCUT2D eigenvalue weighted by molar-refractivity contribution is 14.1. The molecule has 0 fully saturated rings. The predicted octanol–water partition coefficient (Wildman–Crippen LogP) is 1.50. The normalized spacial score (nSPS) is 10.9. The van der Waals surface area contributed by atoms with E-state index in [2.05, 4.69) is 65.0 Å². The molecule has 0 amide bonds. The van der Waals surface area contributed by atoms with Crippen LogP contribution in [0.15, 0.2) is 12.4 Å². The zero-order valence-corrected chi connectivity index (χ0v) is 8.66. The lowest BCUT2D eigenvalue weighted by Gasteiger charge is -1.99. The van der Waals surface area contributed by atoms with Crippen LogP contribution in [0.5, 0.6) is 0 Å². The lowest BCUT2D eigenvalue weighted by atomic mass is 10.4. The van der Waals surface area contributed by atoms with Gasteiger partial charge < -0.3 is 0 Å². The van der Waals surface area contributed by atoms with Crippen molar-refractivity contribution in [2.45, 2.75) is 19.9 Å². The Bertz CT molecular complexity index is 228. The van der Waals surface area contributed by atoms with Gasteiger partial charge in [-0.2, -0.15) is 0 Å². The topological polar surface area (TPSA) is 8.81 Å². The van der Waals surface area contributed by atoms with Gasteiger partial charge in [-0.15, -0.1) is 0 Å². The van der Waals surface area contributed by atoms with Gasteiger partial charge in [-0.3, -0.25) is 0 Å². The van der Waals surface area contributed by atoms with E-state index in [-0.39, 0.29) is 0 Å². The largest absolute Gasteiger partial charge is 0.317 e. The Morgan fingerprint density at radius 1 is 1.60 bits per heavy atom. The SMILES string of the molecule is CC(C)n1cc[n+](C)c1I. The van der Waals surface area contributed by atoms with Crippen LogP contribution < -0.4 is 4.57 Å². The molecule has 0 saturated carbocycles. The molecule has 10 heavy (non-hydrogen) atoms. The molecule has 2 nitrogen and oxygen atoms in total. The van der Waals surface area contributed by atoms with Crippen molar-refractivity contribution in [3.8, 4) is 0 Å². The Labute approximate surface area is 75.0 Å². The molecule has 1 aromatic rings. The summed E-state index contributed by atoms with van der Waals surface area (Å²) in [6.07, 6.45) is 4.17. The number of hydrogen-bond acceptors (Lipinski definition) is 0. The van der Waals surface area contributed by atoms with Gasteiger partial charge in [0.1, 0.15) is 12.4 Å². The predicted molar refractivity (Wildman–Crippen MR) is 48.7 cm³/mol. The third-order valence-electron chi connectivity index (χ3n) is 1.51. The summed E-state index contributed by atoms with van der Waals surface area (Å²) in [4.78, 5) is 0. The van der Waals surface area contributed by atoms with Crippen molar-refractivity contribution in [2.75, 3.05) is 0 Å². The van der Waals surface area contributed by atoms with Gasteiger partial charge in [-0.05, 0) is 13.8 Å². The van der Waals surface area contributed by atoms with Gasteiger partial charge >= 0.3 is 3.83 Å². The minimum absolute atomic E-state index is 0.563. The van der Waals surface area contributed by atoms with Gasteiger partial charge in [0, 0.05) is 0 Å². The highest BCUT2D eigenvalue weighted by Crippen LogP contribution is 2.07. The fraction of sp³-hybridized carbons (Fsp3) is 0.571. The summed E-state index contributed by atoms with van der Waals surface area (Å²) in [5.74, 6) is 0. The number of hydrogen-bond donors (Lipinski definition) is 0. The average molecular weight is 251 g/mol. The first-order valence-electron chi connectivity index (χ1n) is 3.35. The molecule has 0 radical (unpaired) electrons. The second-order valence-corrected chi connectivity index (χ2v) is 3.64. The zero-order valence-electron chi connectivity index (χ0n) is 6.50. The molecular weight excluding hydrogens is 239 g/mol. The van der Waals surface area contributed by atoms with E-state index in [0.29, 0.717) is 6.04 Å². The van der Waals surface area contributed by atoms with Crippen molar-refractivity contribution < 1.29 is 4.57 Å². The number of aryl methyl sites for hydroxylation is 1. The van der Waals surface area contributed by atoms with Gasteiger partial charge in [0.05, 0.1) is 35.7 Å². The first-order chi connectivity index (χ1) is 4.63. The van der Waals surface area contributed by atoms with E-state index in [1.165, 1.54) is 3.83 Å². The molecule has 0 atom stereocenters. The summed E-state index contributed by atoms with van der Waals surface area (Å²) in [5, 5.41) is 0. The van der Waals surface area contributed by atoms with Crippen LogP contribution in [0, 0.1) is 3.83 Å². The first kappa shape index (κ1) is 8.04.